The van der Waals surface area contributed by atoms with E-state index in [1.54, 1.807) is 27.7 Å². The van der Waals surface area contributed by atoms with Crippen molar-refractivity contribution in [2.45, 2.75) is 32.7 Å². The number of hydrogen-bond acceptors (Lipinski definition) is 5. The third-order valence-corrected chi connectivity index (χ3v) is 5.69. The summed E-state index contributed by atoms with van der Waals surface area (Å²) in [5, 5.41) is 13.7. The van der Waals surface area contributed by atoms with Gasteiger partial charge >= 0.3 is 5.69 Å². The standard InChI is InChI=1S/C23H29N5O2/c1-2-3-4-13-28-23(30)27(18-24-28)21-7-5-19(6-8-21)25-14-16-26(17-15-25)20-9-11-22(29)12-10-20/h5-12,18,29H,2-4,13-17H2,1H3. The molecule has 1 aromatic heterocycles. The van der Waals surface area contributed by atoms with Crippen LogP contribution in [0.15, 0.2) is 59.7 Å². The van der Waals surface area contributed by atoms with Crippen LogP contribution in [-0.2, 0) is 6.54 Å². The second-order valence-electron chi connectivity index (χ2n) is 7.72. The highest BCUT2D eigenvalue weighted by atomic mass is 16.3. The highest BCUT2D eigenvalue weighted by molar-refractivity contribution is 5.54. The Balaban J connectivity index is 1.39. The fourth-order valence-corrected chi connectivity index (χ4v) is 3.89. The van der Waals surface area contributed by atoms with Gasteiger partial charge in [0.2, 0.25) is 0 Å². The van der Waals surface area contributed by atoms with Crippen molar-refractivity contribution in [3.8, 4) is 11.4 Å². The van der Waals surface area contributed by atoms with Crippen molar-refractivity contribution in [1.82, 2.24) is 14.3 Å². The molecule has 0 radical (unpaired) electrons. The predicted octanol–water partition coefficient (Wildman–Crippen LogP) is 3.26. The number of hydrogen-bond donors (Lipinski definition) is 1. The lowest BCUT2D eigenvalue weighted by molar-refractivity contribution is 0.475. The van der Waals surface area contributed by atoms with E-state index in [4.69, 9.17) is 0 Å². The van der Waals surface area contributed by atoms with Crippen molar-refractivity contribution >= 4 is 11.4 Å². The van der Waals surface area contributed by atoms with Gasteiger partial charge in [0, 0.05) is 44.1 Å². The number of phenols is 1. The molecule has 0 amide bonds. The van der Waals surface area contributed by atoms with Crippen LogP contribution in [0.1, 0.15) is 26.2 Å². The fraction of sp³-hybridized carbons (Fsp3) is 0.391. The Morgan fingerprint density at radius 2 is 1.37 bits per heavy atom. The van der Waals surface area contributed by atoms with Crippen LogP contribution in [0.25, 0.3) is 5.69 Å². The van der Waals surface area contributed by atoms with Crippen LogP contribution in [0.3, 0.4) is 0 Å². The van der Waals surface area contributed by atoms with E-state index >= 15 is 0 Å². The Labute approximate surface area is 176 Å². The maximum absolute atomic E-state index is 12.6. The minimum absolute atomic E-state index is 0.0821. The van der Waals surface area contributed by atoms with Crippen molar-refractivity contribution in [2.75, 3.05) is 36.0 Å². The first-order valence-electron chi connectivity index (χ1n) is 10.7. The first-order chi connectivity index (χ1) is 14.7. The van der Waals surface area contributed by atoms with Gasteiger partial charge in [0.25, 0.3) is 0 Å². The average molecular weight is 408 g/mol. The summed E-state index contributed by atoms with van der Waals surface area (Å²) in [4.78, 5) is 17.3. The third kappa shape index (κ3) is 4.35. The minimum atomic E-state index is -0.0821. The minimum Gasteiger partial charge on any atom is -0.508 e. The SMILES string of the molecule is CCCCCn1ncn(-c2ccc(N3CCN(c4ccc(O)cc4)CC3)cc2)c1=O. The van der Waals surface area contributed by atoms with Crippen molar-refractivity contribution in [3.63, 3.8) is 0 Å². The van der Waals surface area contributed by atoms with E-state index in [0.29, 0.717) is 12.3 Å². The highest BCUT2D eigenvalue weighted by Crippen LogP contribution is 2.23. The maximum Gasteiger partial charge on any atom is 0.350 e. The fourth-order valence-electron chi connectivity index (χ4n) is 3.89. The van der Waals surface area contributed by atoms with Gasteiger partial charge in [-0.05, 0) is 55.0 Å². The predicted molar refractivity (Wildman–Crippen MR) is 120 cm³/mol. The molecular weight excluding hydrogens is 378 g/mol. The van der Waals surface area contributed by atoms with E-state index in [2.05, 4.69) is 34.0 Å². The van der Waals surface area contributed by atoms with E-state index in [1.165, 1.54) is 0 Å². The van der Waals surface area contributed by atoms with Gasteiger partial charge in [0.1, 0.15) is 12.1 Å². The van der Waals surface area contributed by atoms with Gasteiger partial charge in [-0.2, -0.15) is 5.10 Å². The van der Waals surface area contributed by atoms with E-state index in [-0.39, 0.29) is 5.69 Å². The molecule has 1 aliphatic heterocycles. The molecule has 0 unspecified atom stereocenters. The van der Waals surface area contributed by atoms with Gasteiger partial charge in [0.05, 0.1) is 5.69 Å². The lowest BCUT2D eigenvalue weighted by Crippen LogP contribution is -2.46. The molecular formula is C23H29N5O2. The molecule has 7 nitrogen and oxygen atoms in total. The number of rotatable bonds is 7. The number of anilines is 2. The van der Waals surface area contributed by atoms with Crippen molar-refractivity contribution in [2.24, 2.45) is 0 Å². The first kappa shape index (κ1) is 20.1. The summed E-state index contributed by atoms with van der Waals surface area (Å²) < 4.78 is 3.16. The van der Waals surface area contributed by atoms with Gasteiger partial charge in [-0.3, -0.25) is 0 Å². The van der Waals surface area contributed by atoms with E-state index in [1.807, 2.05) is 24.3 Å². The summed E-state index contributed by atoms with van der Waals surface area (Å²) in [5.74, 6) is 0.295. The van der Waals surface area contributed by atoms with Crippen molar-refractivity contribution in [1.29, 1.82) is 0 Å². The summed E-state index contributed by atoms with van der Waals surface area (Å²) in [5.41, 5.74) is 3.06. The molecule has 2 aromatic carbocycles. The number of aryl methyl sites for hydroxylation is 1. The van der Waals surface area contributed by atoms with Crippen LogP contribution in [0.5, 0.6) is 5.75 Å². The van der Waals surface area contributed by atoms with Gasteiger partial charge < -0.3 is 14.9 Å². The largest absolute Gasteiger partial charge is 0.508 e. The number of piperazine rings is 1. The Bertz CT molecular complexity index is 999. The summed E-state index contributed by atoms with van der Waals surface area (Å²) in [6.45, 7) is 6.53. The molecule has 1 N–H and O–H groups in total. The second-order valence-corrected chi connectivity index (χ2v) is 7.72. The summed E-state index contributed by atoms with van der Waals surface area (Å²) in [7, 11) is 0. The maximum atomic E-state index is 12.6. The Kier molecular flexibility index (Phi) is 6.07. The van der Waals surface area contributed by atoms with E-state index in [0.717, 1.165) is 62.5 Å². The smallest absolute Gasteiger partial charge is 0.350 e. The molecule has 1 saturated heterocycles. The first-order valence-corrected chi connectivity index (χ1v) is 10.7. The highest BCUT2D eigenvalue weighted by Gasteiger charge is 2.18. The Morgan fingerprint density at radius 1 is 0.833 bits per heavy atom. The van der Waals surface area contributed by atoms with E-state index < -0.39 is 0 Å². The summed E-state index contributed by atoms with van der Waals surface area (Å²) >= 11 is 0. The molecule has 3 aromatic rings. The average Bonchev–Trinajstić information content (AvgIpc) is 3.15. The molecule has 7 heteroatoms. The molecule has 0 aliphatic carbocycles. The second kappa shape index (κ2) is 9.07. The monoisotopic (exact) mass is 407 g/mol. The lowest BCUT2D eigenvalue weighted by atomic mass is 10.2. The molecule has 1 fully saturated rings. The Morgan fingerprint density at radius 3 is 1.93 bits per heavy atom. The number of phenolic OH excluding ortho intramolecular Hbond substituents is 1. The van der Waals surface area contributed by atoms with Crippen LogP contribution in [-0.4, -0.2) is 45.6 Å². The zero-order chi connectivity index (χ0) is 20.9. The molecule has 0 spiro atoms. The lowest BCUT2D eigenvalue weighted by Gasteiger charge is -2.37. The molecule has 1 aliphatic rings. The van der Waals surface area contributed by atoms with Gasteiger partial charge in [0.15, 0.2) is 0 Å². The van der Waals surface area contributed by atoms with Crippen LogP contribution in [0.2, 0.25) is 0 Å². The molecule has 0 saturated carbocycles. The van der Waals surface area contributed by atoms with Crippen molar-refractivity contribution in [3.05, 3.63) is 65.3 Å². The Hall–Kier alpha value is -3.22. The summed E-state index contributed by atoms with van der Waals surface area (Å²) in [6, 6.07) is 15.5. The number of unbranched alkanes of at least 4 members (excludes halogenated alkanes) is 2. The van der Waals surface area contributed by atoms with Gasteiger partial charge in [-0.25, -0.2) is 14.0 Å². The van der Waals surface area contributed by atoms with Crippen LogP contribution in [0.4, 0.5) is 11.4 Å². The number of aromatic nitrogens is 3. The van der Waals surface area contributed by atoms with Crippen molar-refractivity contribution < 1.29 is 5.11 Å². The molecule has 2 heterocycles. The van der Waals surface area contributed by atoms with Gasteiger partial charge in [-0.15, -0.1) is 0 Å². The van der Waals surface area contributed by atoms with Crippen LogP contribution >= 0.6 is 0 Å². The molecule has 30 heavy (non-hydrogen) atoms. The molecule has 4 rings (SSSR count). The molecule has 0 atom stereocenters. The number of nitrogens with zero attached hydrogens (tertiary/aromatic N) is 5. The number of aromatic hydroxyl groups is 1. The zero-order valence-electron chi connectivity index (χ0n) is 17.4. The quantitative estimate of drug-likeness (QED) is 0.609. The van der Waals surface area contributed by atoms with Crippen LogP contribution < -0.4 is 15.5 Å². The zero-order valence-corrected chi connectivity index (χ0v) is 17.4. The van der Waals surface area contributed by atoms with Crippen LogP contribution in [0, 0.1) is 0 Å². The molecule has 0 bridgehead atoms. The summed E-state index contributed by atoms with van der Waals surface area (Å²) in [6.07, 6.45) is 4.82. The topological polar surface area (TPSA) is 66.5 Å². The third-order valence-electron chi connectivity index (χ3n) is 5.69. The van der Waals surface area contributed by atoms with E-state index in [9.17, 15) is 9.90 Å². The molecule has 158 valence electrons. The number of benzene rings is 2. The normalized spacial score (nSPS) is 14.3. The van der Waals surface area contributed by atoms with Gasteiger partial charge in [-0.1, -0.05) is 19.8 Å².